The van der Waals surface area contributed by atoms with Crippen LogP contribution < -0.4 is 0 Å². The zero-order valence-corrected chi connectivity index (χ0v) is 10.8. The van der Waals surface area contributed by atoms with Crippen molar-refractivity contribution in [3.63, 3.8) is 0 Å². The molecule has 0 saturated heterocycles. The maximum Gasteiger partial charge on any atom is 0.103 e. The first-order valence-electron chi connectivity index (χ1n) is 6.38. The second-order valence-electron chi connectivity index (χ2n) is 4.45. The van der Waals surface area contributed by atoms with Crippen molar-refractivity contribution in [2.75, 3.05) is 0 Å². The van der Waals surface area contributed by atoms with Gasteiger partial charge in [-0.2, -0.15) is 0 Å². The van der Waals surface area contributed by atoms with Crippen LogP contribution in [0.2, 0.25) is 0 Å². The lowest BCUT2D eigenvalue weighted by Gasteiger charge is -2.11. The van der Waals surface area contributed by atoms with Crippen molar-refractivity contribution >= 4 is 0 Å². The van der Waals surface area contributed by atoms with E-state index in [0.29, 0.717) is 12.1 Å². The molecule has 0 amide bonds. The normalized spacial score (nSPS) is 12.2. The Kier molecular flexibility index (Phi) is 3.52. The molecule has 3 rings (SSSR count). The lowest BCUT2D eigenvalue weighted by Crippen LogP contribution is -2.10. The van der Waals surface area contributed by atoms with Crippen molar-refractivity contribution < 1.29 is 5.11 Å². The highest BCUT2D eigenvalue weighted by Crippen LogP contribution is 2.19. The van der Waals surface area contributed by atoms with E-state index in [-0.39, 0.29) is 0 Å². The van der Waals surface area contributed by atoms with Crippen molar-refractivity contribution in [3.05, 3.63) is 72.3 Å². The fraction of sp³-hybridized carbons (Fsp3) is 0.133. The smallest absolute Gasteiger partial charge is 0.103 e. The highest BCUT2D eigenvalue weighted by Gasteiger charge is 2.16. The van der Waals surface area contributed by atoms with Gasteiger partial charge in [0.25, 0.3) is 0 Å². The molecule has 100 valence electrons. The third kappa shape index (κ3) is 2.57. The SMILES string of the molecule is OC(Cc1ccccn1)c1cnnn1-c1ccccc1. The Bertz CT molecular complexity index is 667. The monoisotopic (exact) mass is 266 g/mol. The number of hydrogen-bond acceptors (Lipinski definition) is 4. The van der Waals surface area contributed by atoms with Crippen LogP contribution in [0, 0.1) is 0 Å². The summed E-state index contributed by atoms with van der Waals surface area (Å²) >= 11 is 0. The Hall–Kier alpha value is -2.53. The van der Waals surface area contributed by atoms with E-state index in [4.69, 9.17) is 0 Å². The minimum absolute atomic E-state index is 0.432. The molecule has 20 heavy (non-hydrogen) atoms. The highest BCUT2D eigenvalue weighted by atomic mass is 16.3. The van der Waals surface area contributed by atoms with Crippen LogP contribution in [0.5, 0.6) is 0 Å². The summed E-state index contributed by atoms with van der Waals surface area (Å²) in [4.78, 5) is 4.22. The molecule has 0 bridgehead atoms. The summed E-state index contributed by atoms with van der Waals surface area (Å²) < 4.78 is 1.65. The zero-order valence-electron chi connectivity index (χ0n) is 10.8. The van der Waals surface area contributed by atoms with Gasteiger partial charge >= 0.3 is 0 Å². The van der Waals surface area contributed by atoms with Gasteiger partial charge in [0.05, 0.1) is 17.6 Å². The number of nitrogens with zero attached hydrogens (tertiary/aromatic N) is 4. The van der Waals surface area contributed by atoms with Gasteiger partial charge in [-0.1, -0.05) is 29.5 Å². The van der Waals surface area contributed by atoms with Gasteiger partial charge in [0.2, 0.25) is 0 Å². The van der Waals surface area contributed by atoms with E-state index in [1.165, 1.54) is 0 Å². The predicted octanol–water partition coefficient (Wildman–Crippen LogP) is 1.94. The predicted molar refractivity (Wildman–Crippen MR) is 74.3 cm³/mol. The van der Waals surface area contributed by atoms with Crippen molar-refractivity contribution in [1.29, 1.82) is 0 Å². The number of aliphatic hydroxyl groups excluding tert-OH is 1. The van der Waals surface area contributed by atoms with E-state index in [1.807, 2.05) is 48.5 Å². The minimum Gasteiger partial charge on any atom is -0.386 e. The Balaban J connectivity index is 1.86. The molecule has 3 aromatic rings. The van der Waals surface area contributed by atoms with Crippen molar-refractivity contribution in [2.24, 2.45) is 0 Å². The van der Waals surface area contributed by atoms with Gasteiger partial charge in [-0.3, -0.25) is 4.98 Å². The number of hydrogen-bond donors (Lipinski definition) is 1. The van der Waals surface area contributed by atoms with Gasteiger partial charge in [0.15, 0.2) is 0 Å². The molecule has 1 N–H and O–H groups in total. The van der Waals surface area contributed by atoms with Gasteiger partial charge in [0, 0.05) is 18.3 Å². The lowest BCUT2D eigenvalue weighted by atomic mass is 10.1. The molecule has 1 unspecified atom stereocenters. The number of rotatable bonds is 4. The molecular weight excluding hydrogens is 252 g/mol. The quantitative estimate of drug-likeness (QED) is 0.783. The summed E-state index contributed by atoms with van der Waals surface area (Å²) in [6.45, 7) is 0. The molecule has 0 aliphatic carbocycles. The zero-order chi connectivity index (χ0) is 13.8. The number of aromatic nitrogens is 4. The first kappa shape index (κ1) is 12.5. The summed E-state index contributed by atoms with van der Waals surface area (Å²) in [5.41, 5.74) is 2.36. The molecule has 0 saturated carbocycles. The molecule has 0 radical (unpaired) electrons. The molecule has 0 aliphatic rings. The minimum atomic E-state index is -0.694. The molecule has 0 fully saturated rings. The van der Waals surface area contributed by atoms with Crippen molar-refractivity contribution in [3.8, 4) is 5.69 Å². The first-order chi connectivity index (χ1) is 9.84. The highest BCUT2D eigenvalue weighted by molar-refractivity contribution is 5.32. The van der Waals surface area contributed by atoms with Crippen LogP contribution in [-0.4, -0.2) is 25.1 Å². The van der Waals surface area contributed by atoms with Crippen LogP contribution in [0.4, 0.5) is 0 Å². The second kappa shape index (κ2) is 5.63. The maximum atomic E-state index is 10.4. The third-order valence-electron chi connectivity index (χ3n) is 3.05. The number of pyridine rings is 1. The largest absolute Gasteiger partial charge is 0.386 e. The van der Waals surface area contributed by atoms with E-state index < -0.39 is 6.10 Å². The third-order valence-corrected chi connectivity index (χ3v) is 3.05. The Morgan fingerprint density at radius 3 is 2.60 bits per heavy atom. The maximum absolute atomic E-state index is 10.4. The van der Waals surface area contributed by atoms with Gasteiger partial charge in [0.1, 0.15) is 6.10 Å². The van der Waals surface area contributed by atoms with Crippen LogP contribution >= 0.6 is 0 Å². The number of para-hydroxylation sites is 1. The Morgan fingerprint density at radius 2 is 1.85 bits per heavy atom. The summed E-state index contributed by atoms with van der Waals surface area (Å²) in [5.74, 6) is 0. The first-order valence-corrected chi connectivity index (χ1v) is 6.38. The van der Waals surface area contributed by atoms with Crippen LogP contribution in [0.3, 0.4) is 0 Å². The van der Waals surface area contributed by atoms with E-state index in [1.54, 1.807) is 17.1 Å². The van der Waals surface area contributed by atoms with Crippen molar-refractivity contribution in [1.82, 2.24) is 20.0 Å². The fourth-order valence-electron chi connectivity index (χ4n) is 2.06. The molecule has 5 heteroatoms. The van der Waals surface area contributed by atoms with Crippen LogP contribution in [0.25, 0.3) is 5.69 Å². The molecule has 0 spiro atoms. The summed E-state index contributed by atoms with van der Waals surface area (Å²) in [6.07, 6.45) is 3.04. The van der Waals surface area contributed by atoms with Gasteiger partial charge in [-0.15, -0.1) is 5.10 Å². The van der Waals surface area contributed by atoms with Crippen molar-refractivity contribution in [2.45, 2.75) is 12.5 Å². The van der Waals surface area contributed by atoms with E-state index in [2.05, 4.69) is 15.3 Å². The molecule has 5 nitrogen and oxygen atoms in total. The Morgan fingerprint density at radius 1 is 1.05 bits per heavy atom. The molecule has 0 aliphatic heterocycles. The summed E-state index contributed by atoms with van der Waals surface area (Å²) in [7, 11) is 0. The average molecular weight is 266 g/mol. The van der Waals surface area contributed by atoms with Gasteiger partial charge < -0.3 is 5.11 Å². The summed E-state index contributed by atoms with van der Waals surface area (Å²) in [5, 5.41) is 18.3. The lowest BCUT2D eigenvalue weighted by molar-refractivity contribution is 0.169. The second-order valence-corrected chi connectivity index (χ2v) is 4.45. The van der Waals surface area contributed by atoms with Crippen LogP contribution in [-0.2, 0) is 6.42 Å². The van der Waals surface area contributed by atoms with E-state index >= 15 is 0 Å². The molecule has 1 aromatic carbocycles. The number of aliphatic hydroxyl groups is 1. The van der Waals surface area contributed by atoms with Gasteiger partial charge in [-0.25, -0.2) is 4.68 Å². The fourth-order valence-corrected chi connectivity index (χ4v) is 2.06. The molecule has 2 heterocycles. The number of benzene rings is 1. The average Bonchev–Trinajstić information content (AvgIpc) is 2.99. The van der Waals surface area contributed by atoms with Gasteiger partial charge in [-0.05, 0) is 24.3 Å². The molecular formula is C15H14N4O. The van der Waals surface area contributed by atoms with E-state index in [0.717, 1.165) is 11.4 Å². The Labute approximate surface area is 116 Å². The summed E-state index contributed by atoms with van der Waals surface area (Å²) in [6, 6.07) is 15.3. The standard InChI is InChI=1S/C15H14N4O/c20-15(10-12-6-4-5-9-16-12)14-11-17-18-19(14)13-7-2-1-3-8-13/h1-9,11,15,20H,10H2. The molecule has 2 aromatic heterocycles. The van der Waals surface area contributed by atoms with Crippen LogP contribution in [0.1, 0.15) is 17.5 Å². The van der Waals surface area contributed by atoms with Crippen LogP contribution in [0.15, 0.2) is 60.9 Å². The topological polar surface area (TPSA) is 63.8 Å². The van der Waals surface area contributed by atoms with E-state index in [9.17, 15) is 5.11 Å². The molecule has 1 atom stereocenters.